The van der Waals surface area contributed by atoms with Crippen LogP contribution in [0.4, 0.5) is 0 Å². The van der Waals surface area contributed by atoms with Crippen LogP contribution in [0.2, 0.25) is 0 Å². The van der Waals surface area contributed by atoms with Gasteiger partial charge in [-0.1, -0.05) is 18.2 Å². The van der Waals surface area contributed by atoms with E-state index in [2.05, 4.69) is 41.8 Å². The average molecular weight is 272 g/mol. The number of nitrogens with two attached hydrogens (primary N) is 1. The van der Waals surface area contributed by atoms with Crippen LogP contribution in [-0.2, 0) is 16.9 Å². The first kappa shape index (κ1) is 14.7. The second-order valence-electron chi connectivity index (χ2n) is 3.73. The summed E-state index contributed by atoms with van der Waals surface area (Å²) in [6.07, 6.45) is 0. The van der Waals surface area contributed by atoms with E-state index >= 15 is 0 Å². The van der Waals surface area contributed by atoms with Gasteiger partial charge in [-0.15, -0.1) is 0 Å². The molecule has 2 aromatic rings. The maximum Gasteiger partial charge on any atom is 0.394 e. The monoisotopic (exact) mass is 272 g/mol. The van der Waals surface area contributed by atoms with Gasteiger partial charge in [0.05, 0.1) is 0 Å². The van der Waals surface area contributed by atoms with Crippen LogP contribution < -0.4 is 5.73 Å². The maximum atomic E-state index is 8.74. The highest BCUT2D eigenvalue weighted by molar-refractivity contribution is 7.79. The quantitative estimate of drug-likeness (QED) is 0.714. The summed E-state index contributed by atoms with van der Waals surface area (Å²) in [5.41, 5.74) is 8.13. The fraction of sp³-hybridized carbons (Fsp3) is 0.273. The van der Waals surface area contributed by atoms with E-state index in [1.807, 2.05) is 0 Å². The number of para-hydroxylation sites is 1. The van der Waals surface area contributed by atoms with Crippen LogP contribution in [-0.4, -0.2) is 28.6 Å². The van der Waals surface area contributed by atoms with E-state index in [9.17, 15) is 0 Å². The minimum Gasteiger partial charge on any atom is -0.344 e. The van der Waals surface area contributed by atoms with Crippen molar-refractivity contribution in [1.29, 1.82) is 0 Å². The third-order valence-corrected chi connectivity index (χ3v) is 2.37. The molecule has 0 radical (unpaired) electrons. The van der Waals surface area contributed by atoms with Gasteiger partial charge in [0.2, 0.25) is 0 Å². The Balaban J connectivity index is 0.000000280. The van der Waals surface area contributed by atoms with E-state index in [0.29, 0.717) is 6.54 Å². The number of fused-ring (bicyclic) bond motifs is 1. The van der Waals surface area contributed by atoms with Crippen LogP contribution in [0.3, 0.4) is 0 Å². The Hall–Kier alpha value is -1.41. The summed E-state index contributed by atoms with van der Waals surface area (Å²) >= 11 is 0. The number of rotatable bonds is 2. The van der Waals surface area contributed by atoms with Gasteiger partial charge in [-0.3, -0.25) is 9.11 Å². The summed E-state index contributed by atoms with van der Waals surface area (Å²) in [6.45, 7) is 3.72. The number of aromatic nitrogens is 1. The molecule has 6 nitrogen and oxygen atoms in total. The third kappa shape index (κ3) is 4.46. The number of hydrogen-bond acceptors (Lipinski definition) is 3. The smallest absolute Gasteiger partial charge is 0.344 e. The van der Waals surface area contributed by atoms with Gasteiger partial charge in [0, 0.05) is 24.3 Å². The first-order chi connectivity index (χ1) is 8.33. The number of nitrogens with zero attached hydrogens (tertiary/aromatic N) is 1. The molecule has 4 N–H and O–H groups in total. The van der Waals surface area contributed by atoms with Gasteiger partial charge in [0.15, 0.2) is 0 Å². The van der Waals surface area contributed by atoms with Crippen molar-refractivity contribution < 1.29 is 17.5 Å². The highest BCUT2D eigenvalue weighted by atomic mass is 32.3. The van der Waals surface area contributed by atoms with Crippen LogP contribution in [0, 0.1) is 6.92 Å². The normalized spacial score (nSPS) is 11.1. The molecule has 0 saturated heterocycles. The second-order valence-corrected chi connectivity index (χ2v) is 4.63. The molecular weight excluding hydrogens is 256 g/mol. The Kier molecular flexibility index (Phi) is 4.85. The van der Waals surface area contributed by atoms with Crippen molar-refractivity contribution in [2.75, 3.05) is 6.54 Å². The van der Waals surface area contributed by atoms with Crippen molar-refractivity contribution in [3.63, 3.8) is 0 Å². The van der Waals surface area contributed by atoms with Crippen molar-refractivity contribution in [3.05, 3.63) is 36.0 Å². The van der Waals surface area contributed by atoms with Gasteiger partial charge in [-0.25, -0.2) is 0 Å². The average Bonchev–Trinajstić information content (AvgIpc) is 2.54. The van der Waals surface area contributed by atoms with Gasteiger partial charge in [0.25, 0.3) is 0 Å². The fourth-order valence-electron chi connectivity index (χ4n) is 1.77. The molecule has 0 saturated carbocycles. The Morgan fingerprint density at radius 3 is 2.39 bits per heavy atom. The van der Waals surface area contributed by atoms with Crippen LogP contribution in [0.5, 0.6) is 0 Å². The lowest BCUT2D eigenvalue weighted by molar-refractivity contribution is 0.381. The van der Waals surface area contributed by atoms with E-state index in [1.54, 1.807) is 0 Å². The van der Waals surface area contributed by atoms with Crippen LogP contribution in [0.15, 0.2) is 30.3 Å². The molecule has 7 heteroatoms. The highest BCUT2D eigenvalue weighted by Crippen LogP contribution is 2.18. The van der Waals surface area contributed by atoms with Crippen LogP contribution in [0.25, 0.3) is 10.9 Å². The molecule has 0 aliphatic rings. The number of hydrogen-bond donors (Lipinski definition) is 3. The van der Waals surface area contributed by atoms with E-state index in [-0.39, 0.29) is 0 Å². The summed E-state index contributed by atoms with van der Waals surface area (Å²) in [4.78, 5) is 0. The van der Waals surface area contributed by atoms with Crippen molar-refractivity contribution in [3.8, 4) is 0 Å². The van der Waals surface area contributed by atoms with Crippen LogP contribution >= 0.6 is 0 Å². The molecule has 0 aliphatic heterocycles. The summed E-state index contributed by atoms with van der Waals surface area (Å²) in [7, 11) is -4.67. The number of benzene rings is 1. The highest BCUT2D eigenvalue weighted by Gasteiger charge is 2.02. The fourth-order valence-corrected chi connectivity index (χ4v) is 1.77. The summed E-state index contributed by atoms with van der Waals surface area (Å²) < 4.78 is 33.8. The zero-order valence-corrected chi connectivity index (χ0v) is 10.8. The summed E-state index contributed by atoms with van der Waals surface area (Å²) in [6, 6.07) is 10.6. The van der Waals surface area contributed by atoms with Crippen molar-refractivity contribution in [2.24, 2.45) is 5.73 Å². The molecule has 1 aromatic carbocycles. The van der Waals surface area contributed by atoms with Gasteiger partial charge in [0.1, 0.15) is 0 Å². The third-order valence-electron chi connectivity index (χ3n) is 2.37. The topological polar surface area (TPSA) is 106 Å². The lowest BCUT2D eigenvalue weighted by atomic mass is 10.2. The molecule has 0 spiro atoms. The SMILES string of the molecule is Cc1cc2ccccc2n1CCN.O=S(=O)(O)O. The molecule has 100 valence electrons. The number of aryl methyl sites for hydroxylation is 1. The first-order valence-corrected chi connectivity index (χ1v) is 6.67. The standard InChI is InChI=1S/C11H14N2.H2O4S/c1-9-8-10-4-2-3-5-11(10)13(9)7-6-12;1-5(2,3)4/h2-5,8H,6-7,12H2,1H3;(H2,1,2,3,4). The molecule has 2 rings (SSSR count). The Labute approximate surface area is 106 Å². The molecule has 0 amide bonds. The van der Waals surface area contributed by atoms with Gasteiger partial charge < -0.3 is 10.3 Å². The second kappa shape index (κ2) is 5.96. The Morgan fingerprint density at radius 1 is 1.28 bits per heavy atom. The molecule has 1 heterocycles. The largest absolute Gasteiger partial charge is 0.394 e. The molecule has 18 heavy (non-hydrogen) atoms. The Morgan fingerprint density at radius 2 is 1.83 bits per heavy atom. The maximum absolute atomic E-state index is 8.74. The molecular formula is C11H16N2O4S. The first-order valence-electron chi connectivity index (χ1n) is 5.27. The lowest BCUT2D eigenvalue weighted by Crippen LogP contribution is -2.10. The van der Waals surface area contributed by atoms with Crippen molar-refractivity contribution in [1.82, 2.24) is 4.57 Å². The van der Waals surface area contributed by atoms with E-state index in [4.69, 9.17) is 23.3 Å². The molecule has 0 aliphatic carbocycles. The summed E-state index contributed by atoms with van der Waals surface area (Å²) in [5.74, 6) is 0. The minimum atomic E-state index is -4.67. The molecule has 0 unspecified atom stereocenters. The summed E-state index contributed by atoms with van der Waals surface area (Å²) in [5, 5.41) is 1.30. The minimum absolute atomic E-state index is 0.694. The van der Waals surface area contributed by atoms with Crippen molar-refractivity contribution >= 4 is 21.3 Å². The predicted octanol–water partition coefficient (Wildman–Crippen LogP) is 1.26. The molecule has 0 bridgehead atoms. The lowest BCUT2D eigenvalue weighted by Gasteiger charge is -2.05. The molecule has 1 aromatic heterocycles. The van der Waals surface area contributed by atoms with Gasteiger partial charge in [-0.2, -0.15) is 8.42 Å². The zero-order valence-electron chi connectivity index (χ0n) is 9.94. The van der Waals surface area contributed by atoms with E-state index in [1.165, 1.54) is 16.6 Å². The van der Waals surface area contributed by atoms with E-state index < -0.39 is 10.4 Å². The predicted molar refractivity (Wildman–Crippen MR) is 69.9 cm³/mol. The molecule has 0 atom stereocenters. The Bertz CT molecular complexity index is 611. The van der Waals surface area contributed by atoms with Crippen LogP contribution in [0.1, 0.15) is 5.69 Å². The van der Waals surface area contributed by atoms with E-state index in [0.717, 1.165) is 6.54 Å². The van der Waals surface area contributed by atoms with Gasteiger partial charge >= 0.3 is 10.4 Å². The van der Waals surface area contributed by atoms with Crippen molar-refractivity contribution in [2.45, 2.75) is 13.5 Å². The van der Waals surface area contributed by atoms with Gasteiger partial charge in [-0.05, 0) is 24.4 Å². The zero-order chi connectivity index (χ0) is 13.8. The molecule has 0 fully saturated rings.